The SMILES string of the molecule is CCCCCCCCCCCCCCCCCCCCCCCCCCCC(O)CCC. The molecule has 1 atom stereocenters. The summed E-state index contributed by atoms with van der Waals surface area (Å²) in [6, 6.07) is 0. The van der Waals surface area contributed by atoms with Crippen molar-refractivity contribution in [1.82, 2.24) is 0 Å². The van der Waals surface area contributed by atoms with Gasteiger partial charge in [0, 0.05) is 0 Å². The molecule has 194 valence electrons. The van der Waals surface area contributed by atoms with Gasteiger partial charge in [-0.3, -0.25) is 0 Å². The summed E-state index contributed by atoms with van der Waals surface area (Å²) in [5.74, 6) is 0. The molecule has 0 aliphatic rings. The van der Waals surface area contributed by atoms with Crippen molar-refractivity contribution < 1.29 is 5.11 Å². The molecule has 0 bridgehead atoms. The maximum absolute atomic E-state index is 9.73. The zero-order valence-electron chi connectivity index (χ0n) is 22.8. The van der Waals surface area contributed by atoms with E-state index < -0.39 is 0 Å². The summed E-state index contributed by atoms with van der Waals surface area (Å²) in [4.78, 5) is 0. The molecule has 0 radical (unpaired) electrons. The van der Waals surface area contributed by atoms with E-state index >= 15 is 0 Å². The molecule has 0 saturated heterocycles. The Balaban J connectivity index is 3.02. The van der Waals surface area contributed by atoms with Crippen molar-refractivity contribution in [2.75, 3.05) is 0 Å². The third-order valence-electron chi connectivity index (χ3n) is 7.26. The summed E-state index contributed by atoms with van der Waals surface area (Å²) >= 11 is 0. The van der Waals surface area contributed by atoms with Crippen LogP contribution in [0.5, 0.6) is 0 Å². The van der Waals surface area contributed by atoms with Crippen molar-refractivity contribution >= 4 is 0 Å². The lowest BCUT2D eigenvalue weighted by Crippen LogP contribution is -2.04. The highest BCUT2D eigenvalue weighted by Gasteiger charge is 2.01. The molecular weight excluding hydrogens is 388 g/mol. The van der Waals surface area contributed by atoms with Crippen LogP contribution >= 0.6 is 0 Å². The van der Waals surface area contributed by atoms with Crippen LogP contribution in [0.3, 0.4) is 0 Å². The Labute approximate surface area is 204 Å². The van der Waals surface area contributed by atoms with Gasteiger partial charge in [-0.1, -0.05) is 181 Å². The van der Waals surface area contributed by atoms with Crippen LogP contribution in [0.25, 0.3) is 0 Å². The van der Waals surface area contributed by atoms with Gasteiger partial charge in [-0.15, -0.1) is 0 Å². The quantitative estimate of drug-likeness (QED) is 0.117. The van der Waals surface area contributed by atoms with Gasteiger partial charge in [-0.2, -0.15) is 0 Å². The molecule has 1 unspecified atom stereocenters. The maximum Gasteiger partial charge on any atom is 0.0540 e. The molecule has 0 amide bonds. The zero-order valence-corrected chi connectivity index (χ0v) is 22.8. The molecule has 0 saturated carbocycles. The Kier molecular flexibility index (Phi) is 29.0. The normalized spacial score (nSPS) is 12.5. The Morgan fingerprint density at radius 2 is 0.562 bits per heavy atom. The lowest BCUT2D eigenvalue weighted by Gasteiger charge is -2.08. The minimum absolute atomic E-state index is 0.0375. The average Bonchev–Trinajstić information content (AvgIpc) is 2.79. The van der Waals surface area contributed by atoms with Crippen LogP contribution in [0, 0.1) is 0 Å². The van der Waals surface area contributed by atoms with Crippen molar-refractivity contribution in [3.63, 3.8) is 0 Å². The van der Waals surface area contributed by atoms with Gasteiger partial charge in [0.15, 0.2) is 0 Å². The van der Waals surface area contributed by atoms with Crippen LogP contribution in [0.4, 0.5) is 0 Å². The molecule has 0 aromatic carbocycles. The van der Waals surface area contributed by atoms with E-state index in [1.54, 1.807) is 0 Å². The molecular formula is C31H64O. The van der Waals surface area contributed by atoms with E-state index in [4.69, 9.17) is 0 Å². The molecule has 1 nitrogen and oxygen atoms in total. The predicted octanol–water partition coefficient (Wildman–Crippen LogP) is 11.3. The van der Waals surface area contributed by atoms with Crippen LogP contribution < -0.4 is 0 Å². The second-order valence-corrected chi connectivity index (χ2v) is 10.7. The molecule has 0 rings (SSSR count). The number of aliphatic hydroxyl groups excluding tert-OH is 1. The van der Waals surface area contributed by atoms with Gasteiger partial charge in [-0.25, -0.2) is 0 Å². The third-order valence-corrected chi connectivity index (χ3v) is 7.26. The molecule has 0 spiro atoms. The fraction of sp³-hybridized carbons (Fsp3) is 1.00. The van der Waals surface area contributed by atoms with Crippen molar-refractivity contribution in [2.45, 2.75) is 200 Å². The van der Waals surface area contributed by atoms with Gasteiger partial charge >= 0.3 is 0 Å². The molecule has 1 N–H and O–H groups in total. The summed E-state index contributed by atoms with van der Waals surface area (Å²) in [5, 5.41) is 9.73. The number of rotatable bonds is 28. The fourth-order valence-corrected chi connectivity index (χ4v) is 5.00. The van der Waals surface area contributed by atoms with E-state index in [2.05, 4.69) is 13.8 Å². The van der Waals surface area contributed by atoms with Gasteiger partial charge in [0.25, 0.3) is 0 Å². The first kappa shape index (κ1) is 32.0. The van der Waals surface area contributed by atoms with Crippen molar-refractivity contribution in [2.24, 2.45) is 0 Å². The molecule has 1 heteroatoms. The van der Waals surface area contributed by atoms with E-state index in [1.165, 1.54) is 161 Å². The highest BCUT2D eigenvalue weighted by molar-refractivity contribution is 4.56. The standard InChI is InChI=1S/C31H64O/c1-3-5-6-7-8-9-10-11-12-13-14-15-16-17-18-19-20-21-22-23-24-25-26-27-28-30-31(32)29-4-2/h31-32H,3-30H2,1-2H3. The van der Waals surface area contributed by atoms with E-state index in [-0.39, 0.29) is 6.10 Å². The van der Waals surface area contributed by atoms with Gasteiger partial charge in [0.1, 0.15) is 0 Å². The van der Waals surface area contributed by atoms with E-state index in [0.717, 1.165) is 19.3 Å². The summed E-state index contributed by atoms with van der Waals surface area (Å²) in [6.45, 7) is 4.46. The van der Waals surface area contributed by atoms with E-state index in [0.29, 0.717) is 0 Å². The maximum atomic E-state index is 9.73. The summed E-state index contributed by atoms with van der Waals surface area (Å²) < 4.78 is 0. The van der Waals surface area contributed by atoms with Crippen molar-refractivity contribution in [3.8, 4) is 0 Å². The summed E-state index contributed by atoms with van der Waals surface area (Å²) in [7, 11) is 0. The van der Waals surface area contributed by atoms with Crippen LogP contribution in [-0.4, -0.2) is 11.2 Å². The first-order valence-corrected chi connectivity index (χ1v) is 15.5. The monoisotopic (exact) mass is 452 g/mol. The number of aliphatic hydroxyl groups is 1. The number of hydrogen-bond acceptors (Lipinski definition) is 1. The smallest absolute Gasteiger partial charge is 0.0540 e. The number of hydrogen-bond donors (Lipinski definition) is 1. The minimum Gasteiger partial charge on any atom is -0.393 e. The first-order chi connectivity index (χ1) is 15.8. The Bertz CT molecular complexity index is 314. The molecule has 0 aliphatic heterocycles. The van der Waals surface area contributed by atoms with Gasteiger partial charge in [-0.05, 0) is 12.8 Å². The Morgan fingerprint density at radius 3 is 0.812 bits per heavy atom. The van der Waals surface area contributed by atoms with Crippen molar-refractivity contribution in [3.05, 3.63) is 0 Å². The van der Waals surface area contributed by atoms with Gasteiger partial charge in [0.05, 0.1) is 6.10 Å². The third kappa shape index (κ3) is 28.0. The molecule has 0 aromatic heterocycles. The first-order valence-electron chi connectivity index (χ1n) is 15.5. The van der Waals surface area contributed by atoms with Gasteiger partial charge in [0.2, 0.25) is 0 Å². The van der Waals surface area contributed by atoms with Crippen LogP contribution in [0.15, 0.2) is 0 Å². The van der Waals surface area contributed by atoms with E-state index in [9.17, 15) is 5.11 Å². The molecule has 0 heterocycles. The predicted molar refractivity (Wildman–Crippen MR) is 147 cm³/mol. The zero-order chi connectivity index (χ0) is 23.4. The van der Waals surface area contributed by atoms with Gasteiger partial charge < -0.3 is 5.11 Å². The largest absolute Gasteiger partial charge is 0.393 e. The lowest BCUT2D eigenvalue weighted by atomic mass is 10.0. The lowest BCUT2D eigenvalue weighted by molar-refractivity contribution is 0.150. The molecule has 0 aliphatic carbocycles. The summed E-state index contributed by atoms with van der Waals surface area (Å²) in [6.07, 6.45) is 39.1. The highest BCUT2D eigenvalue weighted by atomic mass is 16.3. The van der Waals surface area contributed by atoms with E-state index in [1.807, 2.05) is 0 Å². The van der Waals surface area contributed by atoms with Crippen LogP contribution in [-0.2, 0) is 0 Å². The number of unbranched alkanes of at least 4 members (excludes halogenated alkanes) is 24. The average molecular weight is 453 g/mol. The van der Waals surface area contributed by atoms with Crippen molar-refractivity contribution in [1.29, 1.82) is 0 Å². The summed E-state index contributed by atoms with van der Waals surface area (Å²) in [5.41, 5.74) is 0. The molecule has 0 fully saturated rings. The second-order valence-electron chi connectivity index (χ2n) is 10.7. The Morgan fingerprint density at radius 1 is 0.312 bits per heavy atom. The minimum atomic E-state index is -0.0375. The second kappa shape index (κ2) is 29.0. The highest BCUT2D eigenvalue weighted by Crippen LogP contribution is 2.16. The van der Waals surface area contributed by atoms with Crippen LogP contribution in [0.1, 0.15) is 194 Å². The molecule has 0 aromatic rings. The van der Waals surface area contributed by atoms with Crippen LogP contribution in [0.2, 0.25) is 0 Å². The topological polar surface area (TPSA) is 20.2 Å². The Hall–Kier alpha value is -0.0400. The fourth-order valence-electron chi connectivity index (χ4n) is 5.00. The molecule has 32 heavy (non-hydrogen) atoms.